The van der Waals surface area contributed by atoms with Gasteiger partial charge in [0.05, 0.1) is 17.8 Å². The minimum absolute atomic E-state index is 0.242. The van der Waals surface area contributed by atoms with Crippen LogP contribution in [0.4, 0.5) is 0 Å². The van der Waals surface area contributed by atoms with Crippen molar-refractivity contribution in [3.8, 4) is 11.4 Å². The van der Waals surface area contributed by atoms with E-state index in [1.165, 1.54) is 11.8 Å². The molecule has 0 amide bonds. The molecular formula is C14H16ClN3O3. The van der Waals surface area contributed by atoms with Crippen molar-refractivity contribution in [3.05, 3.63) is 34.9 Å². The number of carbonyl (C=O) groups is 1. The number of carboxylic acids is 1. The van der Waals surface area contributed by atoms with E-state index < -0.39 is 5.97 Å². The van der Waals surface area contributed by atoms with Gasteiger partial charge in [-0.1, -0.05) is 32.4 Å². The molecule has 0 saturated heterocycles. The minimum Gasteiger partial charge on any atom is -0.495 e. The standard InChI is InChI=1S/C14H16ClN3O3/c1-14(2,3)13-16-11(12(19)20)17-18(13)8-5-6-9(15)10(7-8)21-4/h5-7H,1-4H3,(H,19,20). The molecule has 0 saturated carbocycles. The van der Waals surface area contributed by atoms with Crippen LogP contribution in [0, 0.1) is 0 Å². The molecule has 0 aliphatic rings. The van der Waals surface area contributed by atoms with Gasteiger partial charge in [0.15, 0.2) is 0 Å². The van der Waals surface area contributed by atoms with Crippen LogP contribution in [0.3, 0.4) is 0 Å². The Morgan fingerprint density at radius 3 is 2.57 bits per heavy atom. The molecule has 0 radical (unpaired) electrons. The highest BCUT2D eigenvalue weighted by Gasteiger charge is 2.26. The Kier molecular flexibility index (Phi) is 3.91. The third-order valence-electron chi connectivity index (χ3n) is 2.85. The molecule has 0 aliphatic carbocycles. The van der Waals surface area contributed by atoms with Crippen molar-refractivity contribution >= 4 is 17.6 Å². The SMILES string of the molecule is COc1cc(-n2nc(C(=O)O)nc2C(C)(C)C)ccc1Cl. The zero-order valence-electron chi connectivity index (χ0n) is 12.2. The van der Waals surface area contributed by atoms with Gasteiger partial charge in [0.2, 0.25) is 0 Å². The molecule has 0 spiro atoms. The monoisotopic (exact) mass is 309 g/mol. The zero-order valence-corrected chi connectivity index (χ0v) is 13.0. The van der Waals surface area contributed by atoms with Gasteiger partial charge >= 0.3 is 5.97 Å². The van der Waals surface area contributed by atoms with Gasteiger partial charge in [-0.3, -0.25) is 0 Å². The van der Waals surface area contributed by atoms with E-state index in [4.69, 9.17) is 21.4 Å². The van der Waals surface area contributed by atoms with E-state index in [0.29, 0.717) is 22.3 Å². The maximum atomic E-state index is 11.1. The van der Waals surface area contributed by atoms with Crippen molar-refractivity contribution in [1.82, 2.24) is 14.8 Å². The Morgan fingerprint density at radius 1 is 1.38 bits per heavy atom. The van der Waals surface area contributed by atoms with Crippen LogP contribution in [0.1, 0.15) is 37.2 Å². The summed E-state index contributed by atoms with van der Waals surface area (Å²) in [5.74, 6) is -0.375. The first-order valence-corrected chi connectivity index (χ1v) is 6.66. The van der Waals surface area contributed by atoms with Gasteiger partial charge in [-0.05, 0) is 12.1 Å². The Labute approximate surface area is 127 Å². The van der Waals surface area contributed by atoms with Crippen LogP contribution < -0.4 is 4.74 Å². The Hall–Kier alpha value is -2.08. The summed E-state index contributed by atoms with van der Waals surface area (Å²) in [6.07, 6.45) is 0. The lowest BCUT2D eigenvalue weighted by Gasteiger charge is -2.18. The van der Waals surface area contributed by atoms with Gasteiger partial charge in [0, 0.05) is 11.5 Å². The highest BCUT2D eigenvalue weighted by molar-refractivity contribution is 6.32. The number of nitrogens with zero attached hydrogens (tertiary/aromatic N) is 3. The van der Waals surface area contributed by atoms with Gasteiger partial charge in [0.25, 0.3) is 5.82 Å². The molecule has 0 aliphatic heterocycles. The summed E-state index contributed by atoms with van der Waals surface area (Å²) in [5, 5.41) is 13.6. The van der Waals surface area contributed by atoms with Crippen LogP contribution in [-0.2, 0) is 5.41 Å². The highest BCUT2D eigenvalue weighted by Crippen LogP contribution is 2.29. The molecule has 2 rings (SSSR count). The van der Waals surface area contributed by atoms with Gasteiger partial charge in [0.1, 0.15) is 11.6 Å². The number of rotatable bonds is 3. The number of methoxy groups -OCH3 is 1. The fraction of sp³-hybridized carbons (Fsp3) is 0.357. The molecule has 1 aromatic heterocycles. The third-order valence-corrected chi connectivity index (χ3v) is 3.16. The maximum absolute atomic E-state index is 11.1. The average Bonchev–Trinajstić information content (AvgIpc) is 2.84. The molecular weight excluding hydrogens is 294 g/mol. The second kappa shape index (κ2) is 5.37. The lowest BCUT2D eigenvalue weighted by Crippen LogP contribution is -2.18. The van der Waals surface area contributed by atoms with E-state index in [1.54, 1.807) is 18.2 Å². The summed E-state index contributed by atoms with van der Waals surface area (Å²) < 4.78 is 6.68. The van der Waals surface area contributed by atoms with E-state index in [2.05, 4.69) is 10.1 Å². The average molecular weight is 310 g/mol. The third kappa shape index (κ3) is 3.00. The first-order valence-electron chi connectivity index (χ1n) is 6.29. The van der Waals surface area contributed by atoms with Crippen LogP contribution in [-0.4, -0.2) is 33.0 Å². The summed E-state index contributed by atoms with van der Waals surface area (Å²) >= 11 is 6.00. The molecule has 7 heteroatoms. The lowest BCUT2D eigenvalue weighted by atomic mass is 9.95. The van der Waals surface area contributed by atoms with Gasteiger partial charge < -0.3 is 9.84 Å². The predicted molar refractivity (Wildman–Crippen MR) is 78.6 cm³/mol. The summed E-state index contributed by atoms with van der Waals surface area (Å²) in [4.78, 5) is 15.2. The number of halogens is 1. The number of aromatic nitrogens is 3. The molecule has 1 N–H and O–H groups in total. The molecule has 0 atom stereocenters. The number of carboxylic acid groups (broad SMARTS) is 1. The number of ether oxygens (including phenoxy) is 1. The molecule has 0 bridgehead atoms. The Morgan fingerprint density at radius 2 is 2.05 bits per heavy atom. The number of benzene rings is 1. The van der Waals surface area contributed by atoms with Crippen molar-refractivity contribution < 1.29 is 14.6 Å². The Bertz CT molecular complexity index is 689. The summed E-state index contributed by atoms with van der Waals surface area (Å²) in [5.41, 5.74) is 0.272. The van der Waals surface area contributed by atoms with E-state index in [-0.39, 0.29) is 11.2 Å². The van der Waals surface area contributed by atoms with Crippen LogP contribution in [0.25, 0.3) is 5.69 Å². The van der Waals surface area contributed by atoms with Crippen LogP contribution in [0.5, 0.6) is 5.75 Å². The second-order valence-electron chi connectivity index (χ2n) is 5.54. The van der Waals surface area contributed by atoms with E-state index >= 15 is 0 Å². The minimum atomic E-state index is -1.17. The molecule has 2 aromatic rings. The van der Waals surface area contributed by atoms with Gasteiger partial charge in [-0.2, -0.15) is 0 Å². The van der Waals surface area contributed by atoms with E-state index in [1.807, 2.05) is 20.8 Å². The highest BCUT2D eigenvalue weighted by atomic mass is 35.5. The largest absolute Gasteiger partial charge is 0.495 e. The fourth-order valence-electron chi connectivity index (χ4n) is 1.85. The normalized spacial score (nSPS) is 11.5. The fourth-order valence-corrected chi connectivity index (χ4v) is 2.04. The van der Waals surface area contributed by atoms with Gasteiger partial charge in [-0.15, -0.1) is 5.10 Å². The predicted octanol–water partition coefficient (Wildman–Crippen LogP) is 2.93. The summed E-state index contributed by atoms with van der Waals surface area (Å²) in [7, 11) is 1.51. The number of hydrogen-bond acceptors (Lipinski definition) is 4. The van der Waals surface area contributed by atoms with Crippen molar-refractivity contribution in [2.24, 2.45) is 0 Å². The van der Waals surface area contributed by atoms with E-state index in [9.17, 15) is 4.79 Å². The van der Waals surface area contributed by atoms with Crippen molar-refractivity contribution in [2.75, 3.05) is 7.11 Å². The quantitative estimate of drug-likeness (QED) is 0.943. The molecule has 1 aromatic carbocycles. The van der Waals surface area contributed by atoms with Crippen LogP contribution in [0.15, 0.2) is 18.2 Å². The molecule has 0 fully saturated rings. The van der Waals surface area contributed by atoms with Gasteiger partial charge in [-0.25, -0.2) is 14.5 Å². The zero-order chi connectivity index (χ0) is 15.8. The topological polar surface area (TPSA) is 77.2 Å². The van der Waals surface area contributed by atoms with E-state index in [0.717, 1.165) is 0 Å². The lowest BCUT2D eigenvalue weighted by molar-refractivity contribution is 0.0683. The maximum Gasteiger partial charge on any atom is 0.375 e. The Balaban J connectivity index is 2.65. The van der Waals surface area contributed by atoms with Crippen LogP contribution >= 0.6 is 11.6 Å². The van der Waals surface area contributed by atoms with Crippen molar-refractivity contribution in [1.29, 1.82) is 0 Å². The summed E-state index contributed by atoms with van der Waals surface area (Å²) in [6.45, 7) is 5.81. The van der Waals surface area contributed by atoms with Crippen molar-refractivity contribution in [2.45, 2.75) is 26.2 Å². The second-order valence-corrected chi connectivity index (χ2v) is 5.95. The molecule has 0 unspecified atom stereocenters. The first kappa shape index (κ1) is 15.3. The number of aromatic carboxylic acids is 1. The number of hydrogen-bond donors (Lipinski definition) is 1. The smallest absolute Gasteiger partial charge is 0.375 e. The summed E-state index contributed by atoms with van der Waals surface area (Å²) in [6, 6.07) is 5.10. The molecule has 112 valence electrons. The van der Waals surface area contributed by atoms with Crippen molar-refractivity contribution in [3.63, 3.8) is 0 Å². The molecule has 21 heavy (non-hydrogen) atoms. The van der Waals surface area contributed by atoms with Crippen LogP contribution in [0.2, 0.25) is 5.02 Å². The molecule has 1 heterocycles. The molecule has 6 nitrogen and oxygen atoms in total. The first-order chi connectivity index (χ1) is 9.74.